The fraction of sp³-hybridized carbons (Fsp3) is 0.800. The second kappa shape index (κ2) is 4.06. The average molecular weight is 168 g/mol. The van der Waals surface area contributed by atoms with Gasteiger partial charge in [0.05, 0.1) is 0 Å². The summed E-state index contributed by atoms with van der Waals surface area (Å²) >= 11 is 0. The third kappa shape index (κ3) is 2.08. The second-order valence-corrected chi connectivity index (χ2v) is 3.85. The van der Waals surface area contributed by atoms with Crippen molar-refractivity contribution in [2.45, 2.75) is 24.8 Å². The smallest absolute Gasteiger partial charge is 0.0321 e. The zero-order chi connectivity index (χ0) is 9.03. The molecule has 1 heterocycles. The molecule has 0 amide bonds. The first-order valence-corrected chi connectivity index (χ1v) is 4.71. The van der Waals surface area contributed by atoms with Gasteiger partial charge in [0.2, 0.25) is 0 Å². The summed E-state index contributed by atoms with van der Waals surface area (Å²) in [6, 6.07) is 0. The molecule has 0 aromatic carbocycles. The highest BCUT2D eigenvalue weighted by molar-refractivity contribution is 4.96. The molecule has 1 aliphatic heterocycles. The molecule has 2 nitrogen and oxygen atoms in total. The molecule has 1 atom stereocenters. The van der Waals surface area contributed by atoms with E-state index < -0.39 is 0 Å². The number of rotatable bonds is 4. The van der Waals surface area contributed by atoms with Crippen LogP contribution in [-0.2, 0) is 0 Å². The van der Waals surface area contributed by atoms with Crippen LogP contribution in [0, 0.1) is 0 Å². The molecule has 0 spiro atoms. The summed E-state index contributed by atoms with van der Waals surface area (Å²) in [7, 11) is 4.26. The van der Waals surface area contributed by atoms with E-state index in [2.05, 4.69) is 30.9 Å². The van der Waals surface area contributed by atoms with Gasteiger partial charge in [-0.3, -0.25) is 0 Å². The molecular weight excluding hydrogens is 148 g/mol. The van der Waals surface area contributed by atoms with Crippen LogP contribution in [0.15, 0.2) is 12.7 Å². The minimum absolute atomic E-state index is 0.364. The molecule has 0 aromatic rings. The van der Waals surface area contributed by atoms with Gasteiger partial charge in [-0.1, -0.05) is 6.08 Å². The SMILES string of the molecule is C=CCCC1(NC)CCN(C)C1. The molecule has 0 aliphatic carbocycles. The molecule has 1 unspecified atom stereocenters. The molecule has 0 bridgehead atoms. The number of likely N-dealkylation sites (N-methyl/N-ethyl adjacent to an activating group) is 2. The maximum atomic E-state index is 3.76. The van der Waals surface area contributed by atoms with Gasteiger partial charge in [-0.05, 0) is 39.9 Å². The Morgan fingerprint density at radius 1 is 1.67 bits per heavy atom. The summed E-state index contributed by atoms with van der Waals surface area (Å²) in [5.74, 6) is 0. The fourth-order valence-electron chi connectivity index (χ4n) is 1.99. The van der Waals surface area contributed by atoms with E-state index >= 15 is 0 Å². The Morgan fingerprint density at radius 2 is 2.42 bits per heavy atom. The molecule has 0 radical (unpaired) electrons. The van der Waals surface area contributed by atoms with E-state index in [1.165, 1.54) is 25.9 Å². The Bertz CT molecular complexity index is 156. The van der Waals surface area contributed by atoms with Gasteiger partial charge in [0.1, 0.15) is 0 Å². The Hall–Kier alpha value is -0.340. The van der Waals surface area contributed by atoms with Crippen molar-refractivity contribution in [1.29, 1.82) is 0 Å². The van der Waals surface area contributed by atoms with Crippen LogP contribution < -0.4 is 5.32 Å². The van der Waals surface area contributed by atoms with Crippen LogP contribution in [0.1, 0.15) is 19.3 Å². The summed E-state index contributed by atoms with van der Waals surface area (Å²) < 4.78 is 0. The quantitative estimate of drug-likeness (QED) is 0.635. The predicted octanol–water partition coefficient (Wildman–Crippen LogP) is 1.25. The molecule has 0 saturated carbocycles. The van der Waals surface area contributed by atoms with Crippen molar-refractivity contribution in [1.82, 2.24) is 10.2 Å². The van der Waals surface area contributed by atoms with Crippen molar-refractivity contribution >= 4 is 0 Å². The molecule has 1 fully saturated rings. The lowest BCUT2D eigenvalue weighted by molar-refractivity contribution is 0.312. The van der Waals surface area contributed by atoms with Crippen LogP contribution in [0.5, 0.6) is 0 Å². The van der Waals surface area contributed by atoms with Crippen molar-refractivity contribution in [2.24, 2.45) is 0 Å². The summed E-state index contributed by atoms with van der Waals surface area (Å²) in [6.45, 7) is 6.16. The van der Waals surface area contributed by atoms with Gasteiger partial charge in [0.25, 0.3) is 0 Å². The molecule has 12 heavy (non-hydrogen) atoms. The number of allylic oxidation sites excluding steroid dienone is 1. The Kier molecular flexibility index (Phi) is 3.29. The molecule has 1 rings (SSSR count). The van der Waals surface area contributed by atoms with Gasteiger partial charge >= 0.3 is 0 Å². The Labute approximate surface area is 75.6 Å². The van der Waals surface area contributed by atoms with E-state index in [1.807, 2.05) is 6.08 Å². The first-order valence-electron chi connectivity index (χ1n) is 4.71. The summed E-state index contributed by atoms with van der Waals surface area (Å²) in [6.07, 6.45) is 5.62. The van der Waals surface area contributed by atoms with Crippen molar-refractivity contribution in [2.75, 3.05) is 27.2 Å². The van der Waals surface area contributed by atoms with Crippen molar-refractivity contribution in [3.8, 4) is 0 Å². The number of likely N-dealkylation sites (tertiary alicyclic amines) is 1. The highest BCUT2D eigenvalue weighted by atomic mass is 15.2. The van der Waals surface area contributed by atoms with E-state index in [0.29, 0.717) is 5.54 Å². The molecule has 1 saturated heterocycles. The lowest BCUT2D eigenvalue weighted by Gasteiger charge is -2.28. The maximum absolute atomic E-state index is 3.76. The average Bonchev–Trinajstić information content (AvgIpc) is 2.45. The fourth-order valence-corrected chi connectivity index (χ4v) is 1.99. The number of hydrogen-bond donors (Lipinski definition) is 1. The van der Waals surface area contributed by atoms with Crippen LogP contribution in [0.2, 0.25) is 0 Å². The normalized spacial score (nSPS) is 30.8. The molecular formula is C10H20N2. The highest BCUT2D eigenvalue weighted by Gasteiger charge is 2.33. The highest BCUT2D eigenvalue weighted by Crippen LogP contribution is 2.24. The van der Waals surface area contributed by atoms with Crippen LogP contribution in [0.25, 0.3) is 0 Å². The van der Waals surface area contributed by atoms with Crippen LogP contribution in [0.3, 0.4) is 0 Å². The Balaban J connectivity index is 2.46. The number of nitrogens with one attached hydrogen (secondary N) is 1. The van der Waals surface area contributed by atoms with E-state index in [1.54, 1.807) is 0 Å². The summed E-state index contributed by atoms with van der Waals surface area (Å²) in [5, 5.41) is 3.45. The van der Waals surface area contributed by atoms with E-state index in [0.717, 1.165) is 6.42 Å². The number of hydrogen-bond acceptors (Lipinski definition) is 2. The summed E-state index contributed by atoms with van der Waals surface area (Å²) in [4.78, 5) is 2.39. The Morgan fingerprint density at radius 3 is 2.83 bits per heavy atom. The van der Waals surface area contributed by atoms with E-state index in [4.69, 9.17) is 0 Å². The van der Waals surface area contributed by atoms with Crippen molar-refractivity contribution < 1.29 is 0 Å². The molecule has 0 aromatic heterocycles. The van der Waals surface area contributed by atoms with E-state index in [-0.39, 0.29) is 0 Å². The third-order valence-electron chi connectivity index (χ3n) is 2.90. The van der Waals surface area contributed by atoms with Crippen LogP contribution in [0.4, 0.5) is 0 Å². The van der Waals surface area contributed by atoms with Gasteiger partial charge in [-0.15, -0.1) is 6.58 Å². The van der Waals surface area contributed by atoms with Gasteiger partial charge in [-0.2, -0.15) is 0 Å². The first kappa shape index (κ1) is 9.75. The largest absolute Gasteiger partial charge is 0.313 e. The zero-order valence-electron chi connectivity index (χ0n) is 8.27. The van der Waals surface area contributed by atoms with Gasteiger partial charge in [-0.25, -0.2) is 0 Å². The molecule has 1 N–H and O–H groups in total. The lowest BCUT2D eigenvalue weighted by atomic mass is 9.93. The zero-order valence-corrected chi connectivity index (χ0v) is 8.27. The molecule has 2 heteroatoms. The van der Waals surface area contributed by atoms with Crippen molar-refractivity contribution in [3.05, 3.63) is 12.7 Å². The summed E-state index contributed by atoms with van der Waals surface area (Å²) in [5.41, 5.74) is 0.364. The number of nitrogens with zero attached hydrogens (tertiary/aromatic N) is 1. The van der Waals surface area contributed by atoms with Crippen LogP contribution >= 0.6 is 0 Å². The van der Waals surface area contributed by atoms with Crippen molar-refractivity contribution in [3.63, 3.8) is 0 Å². The van der Waals surface area contributed by atoms with Crippen LogP contribution in [-0.4, -0.2) is 37.6 Å². The molecule has 1 aliphatic rings. The predicted molar refractivity (Wildman–Crippen MR) is 53.3 cm³/mol. The monoisotopic (exact) mass is 168 g/mol. The minimum Gasteiger partial charge on any atom is -0.313 e. The van der Waals surface area contributed by atoms with Gasteiger partial charge in [0, 0.05) is 12.1 Å². The van der Waals surface area contributed by atoms with Gasteiger partial charge in [0.15, 0.2) is 0 Å². The second-order valence-electron chi connectivity index (χ2n) is 3.85. The maximum Gasteiger partial charge on any atom is 0.0321 e. The molecule has 70 valence electrons. The lowest BCUT2D eigenvalue weighted by Crippen LogP contribution is -2.44. The minimum atomic E-state index is 0.364. The third-order valence-corrected chi connectivity index (χ3v) is 2.90. The van der Waals surface area contributed by atoms with Gasteiger partial charge < -0.3 is 10.2 Å². The van der Waals surface area contributed by atoms with E-state index in [9.17, 15) is 0 Å². The topological polar surface area (TPSA) is 15.3 Å². The first-order chi connectivity index (χ1) is 5.72. The standard InChI is InChI=1S/C10H20N2/c1-4-5-6-10(11-2)7-8-12(3)9-10/h4,11H,1,5-9H2,2-3H3.